The molecular formula is C28H31N5O3. The van der Waals surface area contributed by atoms with Crippen LogP contribution in [0.2, 0.25) is 0 Å². The Bertz CT molecular complexity index is 1230. The van der Waals surface area contributed by atoms with Crippen LogP contribution in [0.4, 0.5) is 0 Å². The maximum atomic E-state index is 13.6. The van der Waals surface area contributed by atoms with Crippen molar-refractivity contribution in [3.63, 3.8) is 0 Å². The molecule has 0 bridgehead atoms. The summed E-state index contributed by atoms with van der Waals surface area (Å²) in [5.74, 6) is 6.19. The molecule has 1 aliphatic heterocycles. The van der Waals surface area contributed by atoms with E-state index in [1.165, 1.54) is 0 Å². The topological polar surface area (TPSA) is 91.7 Å². The van der Waals surface area contributed by atoms with Gasteiger partial charge in [0, 0.05) is 67.7 Å². The Balaban J connectivity index is 1.63. The van der Waals surface area contributed by atoms with Crippen LogP contribution in [-0.4, -0.2) is 74.7 Å². The Morgan fingerprint density at radius 1 is 1.17 bits per heavy atom. The number of hydrogen-bond acceptors (Lipinski definition) is 7. The molecule has 36 heavy (non-hydrogen) atoms. The molecule has 3 atom stereocenters. The summed E-state index contributed by atoms with van der Waals surface area (Å²) in [5.41, 5.74) is 2.83. The second-order valence-electron chi connectivity index (χ2n) is 9.25. The van der Waals surface area contributed by atoms with Crippen molar-refractivity contribution < 1.29 is 14.6 Å². The highest BCUT2D eigenvalue weighted by Gasteiger charge is 2.34. The predicted molar refractivity (Wildman–Crippen MR) is 136 cm³/mol. The van der Waals surface area contributed by atoms with E-state index < -0.39 is 0 Å². The largest absolute Gasteiger partial charge is 0.472 e. The van der Waals surface area contributed by atoms with Crippen LogP contribution in [0.25, 0.3) is 0 Å². The lowest BCUT2D eigenvalue weighted by molar-refractivity contribution is 0.0325. The van der Waals surface area contributed by atoms with E-state index in [-0.39, 0.29) is 36.5 Å². The number of rotatable bonds is 6. The lowest BCUT2D eigenvalue weighted by Gasteiger charge is -2.37. The molecule has 8 heteroatoms. The zero-order chi connectivity index (χ0) is 25.5. The first kappa shape index (κ1) is 25.3. The molecule has 3 aromatic heterocycles. The second-order valence-corrected chi connectivity index (χ2v) is 9.25. The number of amides is 1. The zero-order valence-corrected chi connectivity index (χ0v) is 20.8. The van der Waals surface area contributed by atoms with Crippen molar-refractivity contribution >= 4 is 5.91 Å². The van der Waals surface area contributed by atoms with Gasteiger partial charge in [-0.05, 0) is 43.8 Å². The first-order valence-corrected chi connectivity index (χ1v) is 12.0. The second kappa shape index (κ2) is 11.8. The van der Waals surface area contributed by atoms with Crippen molar-refractivity contribution in [1.29, 1.82) is 0 Å². The fourth-order valence-electron chi connectivity index (χ4n) is 4.14. The SMILES string of the molecule is C[C@H](CO)N1C[C@H](C)[C@H](CN(C)Cc2cccnc2)Oc2ncc(C#Cc3cccnc3)cc2C1=O. The summed E-state index contributed by atoms with van der Waals surface area (Å²) in [5, 5.41) is 9.86. The average molecular weight is 486 g/mol. The smallest absolute Gasteiger partial charge is 0.259 e. The fourth-order valence-corrected chi connectivity index (χ4v) is 4.14. The van der Waals surface area contributed by atoms with Crippen molar-refractivity contribution in [2.45, 2.75) is 32.5 Å². The third kappa shape index (κ3) is 6.25. The Hall–Kier alpha value is -3.80. The molecule has 186 valence electrons. The van der Waals surface area contributed by atoms with Crippen LogP contribution in [0.1, 0.15) is 40.9 Å². The standard InChI is InChI=1S/C28H31N5O3/c1-20-16-33(21(2)19-34)28(35)25-12-23(9-8-22-6-4-10-29-13-22)15-31-27(25)36-26(20)18-32(3)17-24-7-5-11-30-14-24/h4-7,10-15,20-21,26,34H,16-19H2,1-3H3/t20-,21+,26-/m0/s1. The van der Waals surface area contributed by atoms with Crippen LogP contribution >= 0.6 is 0 Å². The van der Waals surface area contributed by atoms with E-state index in [9.17, 15) is 9.90 Å². The van der Waals surface area contributed by atoms with Crippen molar-refractivity contribution in [2.75, 3.05) is 26.7 Å². The van der Waals surface area contributed by atoms with Gasteiger partial charge in [-0.2, -0.15) is 0 Å². The highest BCUT2D eigenvalue weighted by atomic mass is 16.5. The lowest BCUT2D eigenvalue weighted by Crippen LogP contribution is -2.49. The first-order chi connectivity index (χ1) is 17.4. The van der Waals surface area contributed by atoms with Gasteiger partial charge >= 0.3 is 0 Å². The van der Waals surface area contributed by atoms with Gasteiger partial charge in [0.1, 0.15) is 11.7 Å². The third-order valence-corrected chi connectivity index (χ3v) is 6.20. The van der Waals surface area contributed by atoms with Crippen LogP contribution in [0.3, 0.4) is 0 Å². The zero-order valence-electron chi connectivity index (χ0n) is 20.8. The van der Waals surface area contributed by atoms with Gasteiger partial charge in [0.25, 0.3) is 5.91 Å². The van der Waals surface area contributed by atoms with Gasteiger partial charge in [0.05, 0.1) is 12.6 Å². The van der Waals surface area contributed by atoms with Crippen molar-refractivity contribution in [3.8, 4) is 17.7 Å². The number of pyridine rings is 3. The van der Waals surface area contributed by atoms with E-state index in [4.69, 9.17) is 4.74 Å². The summed E-state index contributed by atoms with van der Waals surface area (Å²) >= 11 is 0. The van der Waals surface area contributed by atoms with Crippen LogP contribution in [-0.2, 0) is 6.54 Å². The Morgan fingerprint density at radius 3 is 2.61 bits per heavy atom. The molecule has 0 fully saturated rings. The summed E-state index contributed by atoms with van der Waals surface area (Å²) in [6.45, 7) is 5.58. The third-order valence-electron chi connectivity index (χ3n) is 6.20. The van der Waals surface area contributed by atoms with Gasteiger partial charge < -0.3 is 14.7 Å². The molecule has 3 aromatic rings. The van der Waals surface area contributed by atoms with E-state index >= 15 is 0 Å². The minimum atomic E-state index is -0.343. The quantitative estimate of drug-likeness (QED) is 0.537. The highest BCUT2D eigenvalue weighted by molar-refractivity contribution is 5.97. The van der Waals surface area contributed by atoms with Crippen LogP contribution in [0.5, 0.6) is 5.88 Å². The molecule has 0 aliphatic carbocycles. The van der Waals surface area contributed by atoms with E-state index in [1.54, 1.807) is 35.8 Å². The molecule has 0 saturated carbocycles. The molecule has 4 rings (SSSR count). The van der Waals surface area contributed by atoms with E-state index in [0.717, 1.165) is 17.7 Å². The number of fused-ring (bicyclic) bond motifs is 1. The van der Waals surface area contributed by atoms with Crippen LogP contribution in [0.15, 0.2) is 61.3 Å². The minimum Gasteiger partial charge on any atom is -0.472 e. The number of aromatic nitrogens is 3. The number of nitrogens with zero attached hydrogens (tertiary/aromatic N) is 5. The van der Waals surface area contributed by atoms with Crippen LogP contribution < -0.4 is 4.74 Å². The van der Waals surface area contributed by atoms with Gasteiger partial charge in [-0.25, -0.2) is 4.98 Å². The molecular weight excluding hydrogens is 454 g/mol. The molecule has 0 unspecified atom stereocenters. The van der Waals surface area contributed by atoms with E-state index in [1.807, 2.05) is 44.4 Å². The molecule has 0 spiro atoms. The van der Waals surface area contributed by atoms with Gasteiger partial charge in [0.15, 0.2) is 0 Å². The number of carbonyl (C=O) groups is 1. The summed E-state index contributed by atoms with van der Waals surface area (Å²) in [4.78, 5) is 30.2. The fraction of sp³-hybridized carbons (Fsp3) is 0.357. The minimum absolute atomic E-state index is 0.0132. The maximum absolute atomic E-state index is 13.6. The van der Waals surface area contributed by atoms with E-state index in [0.29, 0.717) is 24.2 Å². The van der Waals surface area contributed by atoms with Crippen molar-refractivity contribution in [1.82, 2.24) is 24.8 Å². The number of carbonyl (C=O) groups excluding carboxylic acids is 1. The van der Waals surface area contributed by atoms with Gasteiger partial charge in [-0.3, -0.25) is 19.7 Å². The number of hydrogen-bond donors (Lipinski definition) is 1. The maximum Gasteiger partial charge on any atom is 0.259 e. The number of ether oxygens (including phenoxy) is 1. The summed E-state index contributed by atoms with van der Waals surface area (Å²) in [6.07, 6.45) is 8.39. The molecule has 1 amide bonds. The number of likely N-dealkylation sites (N-methyl/N-ethyl adjacent to an activating group) is 1. The van der Waals surface area contributed by atoms with Gasteiger partial charge in [-0.15, -0.1) is 0 Å². The highest BCUT2D eigenvalue weighted by Crippen LogP contribution is 2.27. The summed E-state index contributed by atoms with van der Waals surface area (Å²) in [6, 6.07) is 9.03. The summed E-state index contributed by atoms with van der Waals surface area (Å²) in [7, 11) is 2.03. The normalized spacial score (nSPS) is 18.4. The predicted octanol–water partition coefficient (Wildman–Crippen LogP) is 2.62. The number of aliphatic hydroxyl groups is 1. The Morgan fingerprint density at radius 2 is 1.92 bits per heavy atom. The molecule has 1 aliphatic rings. The monoisotopic (exact) mass is 485 g/mol. The van der Waals surface area contributed by atoms with E-state index in [2.05, 4.69) is 38.6 Å². The molecule has 1 N–H and O–H groups in total. The van der Waals surface area contributed by atoms with Gasteiger partial charge in [-0.1, -0.05) is 24.8 Å². The lowest BCUT2D eigenvalue weighted by atomic mass is 9.99. The number of aliphatic hydroxyl groups excluding tert-OH is 1. The molecule has 0 aromatic carbocycles. The summed E-state index contributed by atoms with van der Waals surface area (Å²) < 4.78 is 6.37. The molecule has 4 heterocycles. The first-order valence-electron chi connectivity index (χ1n) is 12.0. The molecule has 8 nitrogen and oxygen atoms in total. The van der Waals surface area contributed by atoms with Gasteiger partial charge in [0.2, 0.25) is 5.88 Å². The Labute approximate surface area is 212 Å². The Kier molecular flexibility index (Phi) is 8.26. The molecule has 0 saturated heterocycles. The van der Waals surface area contributed by atoms with Crippen molar-refractivity contribution in [2.24, 2.45) is 5.92 Å². The van der Waals surface area contributed by atoms with Crippen molar-refractivity contribution in [3.05, 3.63) is 83.6 Å². The average Bonchev–Trinajstić information content (AvgIpc) is 2.90. The molecule has 0 radical (unpaired) electrons. The van der Waals surface area contributed by atoms with Crippen LogP contribution in [0, 0.1) is 17.8 Å².